The van der Waals surface area contributed by atoms with Crippen LogP contribution in [-0.2, 0) is 11.2 Å². The third kappa shape index (κ3) is 2.54. The van der Waals surface area contributed by atoms with Gasteiger partial charge < -0.3 is 10.0 Å². The molecule has 108 valence electrons. The molecule has 0 saturated heterocycles. The largest absolute Gasteiger partial charge is 0.384 e. The van der Waals surface area contributed by atoms with Crippen molar-refractivity contribution in [2.45, 2.75) is 18.9 Å². The van der Waals surface area contributed by atoms with E-state index in [9.17, 15) is 14.3 Å². The van der Waals surface area contributed by atoms with E-state index in [1.54, 1.807) is 30.1 Å². The van der Waals surface area contributed by atoms with Gasteiger partial charge in [0.05, 0.1) is 0 Å². The predicted octanol–water partition coefficient (Wildman–Crippen LogP) is 2.82. The zero-order chi connectivity index (χ0) is 15.0. The highest BCUT2D eigenvalue weighted by molar-refractivity contribution is 5.95. The molecule has 2 aromatic rings. The van der Waals surface area contributed by atoms with Crippen molar-refractivity contribution in [1.82, 2.24) is 0 Å². The summed E-state index contributed by atoms with van der Waals surface area (Å²) >= 11 is 0. The number of amides is 1. The van der Waals surface area contributed by atoms with E-state index >= 15 is 0 Å². The molecule has 0 aliphatic carbocycles. The Kier molecular flexibility index (Phi) is 3.47. The molecule has 1 amide bonds. The number of rotatable bonds is 2. The number of aliphatic hydroxyl groups is 1. The number of hydrogen-bond donors (Lipinski definition) is 1. The Morgan fingerprint density at radius 2 is 1.90 bits per heavy atom. The summed E-state index contributed by atoms with van der Waals surface area (Å²) in [7, 11) is 1.75. The molecular weight excluding hydrogens is 269 g/mol. The first-order chi connectivity index (χ1) is 10.1. The second-order valence-corrected chi connectivity index (χ2v) is 5.30. The standard InChI is InChI=1S/C17H16FNO2/c1-19-15-7-5-13(9-11(15)6-8-16(19)20)17(21)12-3-2-4-14(18)10-12/h2-5,7,9-10,17,21H,6,8H2,1H3. The average molecular weight is 285 g/mol. The van der Waals surface area contributed by atoms with E-state index in [-0.39, 0.29) is 11.7 Å². The van der Waals surface area contributed by atoms with Crippen LogP contribution in [0.1, 0.15) is 29.2 Å². The van der Waals surface area contributed by atoms with Crippen LogP contribution in [-0.4, -0.2) is 18.1 Å². The molecule has 1 unspecified atom stereocenters. The fraction of sp³-hybridized carbons (Fsp3) is 0.235. The van der Waals surface area contributed by atoms with E-state index in [0.29, 0.717) is 24.0 Å². The van der Waals surface area contributed by atoms with Gasteiger partial charge in [-0.2, -0.15) is 0 Å². The Morgan fingerprint density at radius 3 is 2.67 bits per heavy atom. The number of hydrogen-bond acceptors (Lipinski definition) is 2. The van der Waals surface area contributed by atoms with Crippen LogP contribution in [0.4, 0.5) is 10.1 Å². The van der Waals surface area contributed by atoms with Gasteiger partial charge in [-0.1, -0.05) is 24.3 Å². The van der Waals surface area contributed by atoms with Crippen LogP contribution in [0.5, 0.6) is 0 Å². The first-order valence-corrected chi connectivity index (χ1v) is 6.89. The molecule has 1 aliphatic heterocycles. The van der Waals surface area contributed by atoms with Crippen molar-refractivity contribution in [3.05, 3.63) is 65.0 Å². The highest BCUT2D eigenvalue weighted by Gasteiger charge is 2.22. The number of nitrogens with zero attached hydrogens (tertiary/aromatic N) is 1. The number of benzene rings is 2. The summed E-state index contributed by atoms with van der Waals surface area (Å²) < 4.78 is 13.3. The van der Waals surface area contributed by atoms with Gasteiger partial charge in [-0.25, -0.2) is 4.39 Å². The Balaban J connectivity index is 1.95. The van der Waals surface area contributed by atoms with Crippen LogP contribution in [0, 0.1) is 5.82 Å². The summed E-state index contributed by atoms with van der Waals surface area (Å²) in [6.07, 6.45) is 0.277. The van der Waals surface area contributed by atoms with Crippen LogP contribution >= 0.6 is 0 Å². The van der Waals surface area contributed by atoms with Gasteiger partial charge in [0, 0.05) is 19.2 Å². The summed E-state index contributed by atoms with van der Waals surface area (Å²) in [6, 6.07) is 11.5. The molecule has 4 heteroatoms. The van der Waals surface area contributed by atoms with Gasteiger partial charge in [0.1, 0.15) is 11.9 Å². The Bertz CT molecular complexity index is 699. The third-order valence-corrected chi connectivity index (χ3v) is 3.93. The summed E-state index contributed by atoms with van der Waals surface area (Å²) in [6.45, 7) is 0. The number of aliphatic hydroxyl groups excluding tert-OH is 1. The van der Waals surface area contributed by atoms with E-state index in [1.165, 1.54) is 12.1 Å². The molecule has 1 N–H and O–H groups in total. The molecule has 0 fully saturated rings. The minimum Gasteiger partial charge on any atom is -0.384 e. The van der Waals surface area contributed by atoms with Crippen molar-refractivity contribution in [1.29, 1.82) is 0 Å². The van der Waals surface area contributed by atoms with Gasteiger partial charge in [-0.15, -0.1) is 0 Å². The van der Waals surface area contributed by atoms with Crippen LogP contribution in [0.25, 0.3) is 0 Å². The molecule has 0 aromatic heterocycles. The van der Waals surface area contributed by atoms with Gasteiger partial charge in [-0.05, 0) is 41.3 Å². The van der Waals surface area contributed by atoms with E-state index in [4.69, 9.17) is 0 Å². The molecule has 3 nitrogen and oxygen atoms in total. The van der Waals surface area contributed by atoms with E-state index in [2.05, 4.69) is 0 Å². The number of carbonyl (C=O) groups excluding carboxylic acids is 1. The molecule has 0 bridgehead atoms. The maximum atomic E-state index is 13.3. The van der Waals surface area contributed by atoms with E-state index in [0.717, 1.165) is 11.3 Å². The number of carbonyl (C=O) groups is 1. The van der Waals surface area contributed by atoms with Crippen molar-refractivity contribution < 1.29 is 14.3 Å². The minimum atomic E-state index is -0.867. The molecule has 1 heterocycles. The van der Waals surface area contributed by atoms with Gasteiger partial charge >= 0.3 is 0 Å². The third-order valence-electron chi connectivity index (χ3n) is 3.93. The molecule has 1 atom stereocenters. The molecule has 2 aromatic carbocycles. The van der Waals surface area contributed by atoms with Gasteiger partial charge in [0.15, 0.2) is 0 Å². The molecule has 3 rings (SSSR count). The summed E-state index contributed by atoms with van der Waals surface area (Å²) in [5.41, 5.74) is 3.14. The highest BCUT2D eigenvalue weighted by atomic mass is 19.1. The fourth-order valence-electron chi connectivity index (χ4n) is 2.72. The van der Waals surface area contributed by atoms with Crippen LogP contribution < -0.4 is 4.90 Å². The predicted molar refractivity (Wildman–Crippen MR) is 78.6 cm³/mol. The van der Waals surface area contributed by atoms with Crippen molar-refractivity contribution in [3.8, 4) is 0 Å². The Labute approximate surface area is 122 Å². The number of halogens is 1. The number of aryl methyl sites for hydroxylation is 1. The molecular formula is C17H16FNO2. The average Bonchev–Trinajstić information content (AvgIpc) is 2.50. The smallest absolute Gasteiger partial charge is 0.227 e. The zero-order valence-electron chi connectivity index (χ0n) is 11.7. The number of fused-ring (bicyclic) bond motifs is 1. The number of anilines is 1. The second kappa shape index (κ2) is 5.30. The normalized spacial score (nSPS) is 15.8. The van der Waals surface area contributed by atoms with Crippen molar-refractivity contribution in [3.63, 3.8) is 0 Å². The van der Waals surface area contributed by atoms with Crippen molar-refractivity contribution in [2.24, 2.45) is 0 Å². The first-order valence-electron chi connectivity index (χ1n) is 6.89. The molecule has 1 aliphatic rings. The minimum absolute atomic E-state index is 0.0981. The molecule has 0 radical (unpaired) electrons. The summed E-state index contributed by atoms with van der Waals surface area (Å²) in [5, 5.41) is 10.4. The quantitative estimate of drug-likeness (QED) is 0.921. The highest BCUT2D eigenvalue weighted by Crippen LogP contribution is 2.31. The maximum absolute atomic E-state index is 13.3. The Morgan fingerprint density at radius 1 is 1.14 bits per heavy atom. The van der Waals surface area contributed by atoms with Gasteiger partial charge in [0.2, 0.25) is 5.91 Å². The van der Waals surface area contributed by atoms with E-state index < -0.39 is 6.10 Å². The molecule has 21 heavy (non-hydrogen) atoms. The van der Waals surface area contributed by atoms with Gasteiger partial charge in [-0.3, -0.25) is 4.79 Å². The Hall–Kier alpha value is -2.20. The van der Waals surface area contributed by atoms with Crippen LogP contribution in [0.15, 0.2) is 42.5 Å². The zero-order valence-corrected chi connectivity index (χ0v) is 11.7. The fourth-order valence-corrected chi connectivity index (χ4v) is 2.72. The summed E-state index contributed by atoms with van der Waals surface area (Å²) in [5.74, 6) is -0.268. The lowest BCUT2D eigenvalue weighted by Gasteiger charge is -2.26. The first kappa shape index (κ1) is 13.8. The SMILES string of the molecule is CN1C(=O)CCc2cc(C(O)c3cccc(F)c3)ccc21. The molecule has 0 spiro atoms. The monoisotopic (exact) mass is 285 g/mol. The summed E-state index contributed by atoms with van der Waals surface area (Å²) in [4.78, 5) is 13.3. The lowest BCUT2D eigenvalue weighted by molar-refractivity contribution is -0.118. The maximum Gasteiger partial charge on any atom is 0.227 e. The van der Waals surface area contributed by atoms with Crippen LogP contribution in [0.3, 0.4) is 0 Å². The van der Waals surface area contributed by atoms with Crippen molar-refractivity contribution in [2.75, 3.05) is 11.9 Å². The van der Waals surface area contributed by atoms with E-state index in [1.807, 2.05) is 12.1 Å². The topological polar surface area (TPSA) is 40.5 Å². The van der Waals surface area contributed by atoms with Crippen molar-refractivity contribution >= 4 is 11.6 Å². The van der Waals surface area contributed by atoms with Crippen LogP contribution in [0.2, 0.25) is 0 Å². The van der Waals surface area contributed by atoms with Gasteiger partial charge in [0.25, 0.3) is 0 Å². The lowest BCUT2D eigenvalue weighted by atomic mass is 9.95. The molecule has 0 saturated carbocycles. The lowest BCUT2D eigenvalue weighted by Crippen LogP contribution is -2.31. The second-order valence-electron chi connectivity index (χ2n) is 5.30.